The van der Waals surface area contributed by atoms with Crippen LogP contribution in [0.4, 0.5) is 0 Å². The number of aryl methyl sites for hydroxylation is 1. The van der Waals surface area contributed by atoms with E-state index in [0.717, 1.165) is 17.1 Å². The van der Waals surface area contributed by atoms with Crippen LogP contribution in [0.1, 0.15) is 5.56 Å². The second-order valence-electron chi connectivity index (χ2n) is 4.19. The number of hydrogen-bond acceptors (Lipinski definition) is 2. The summed E-state index contributed by atoms with van der Waals surface area (Å²) in [5, 5.41) is 0. The van der Waals surface area contributed by atoms with Crippen LogP contribution in [0.25, 0.3) is 22.6 Å². The fourth-order valence-corrected chi connectivity index (χ4v) is 1.99. The third-order valence-corrected chi connectivity index (χ3v) is 2.94. The van der Waals surface area contributed by atoms with E-state index in [1.165, 1.54) is 11.1 Å². The van der Waals surface area contributed by atoms with Gasteiger partial charge in [-0.15, -0.1) is 0 Å². The van der Waals surface area contributed by atoms with Crippen molar-refractivity contribution in [3.8, 4) is 22.6 Å². The van der Waals surface area contributed by atoms with Crippen molar-refractivity contribution in [3.05, 3.63) is 60.6 Å². The number of hydrogen-bond donors (Lipinski definition) is 1. The van der Waals surface area contributed by atoms with Crippen molar-refractivity contribution >= 4 is 0 Å². The van der Waals surface area contributed by atoms with E-state index < -0.39 is 0 Å². The van der Waals surface area contributed by atoms with Crippen molar-refractivity contribution in [3.63, 3.8) is 0 Å². The molecule has 0 saturated heterocycles. The van der Waals surface area contributed by atoms with E-state index in [4.69, 9.17) is 0 Å². The molecule has 1 N–H and O–H groups in total. The quantitative estimate of drug-likeness (QED) is 0.739. The summed E-state index contributed by atoms with van der Waals surface area (Å²) in [5.74, 6) is 0. The Morgan fingerprint density at radius 1 is 0.944 bits per heavy atom. The summed E-state index contributed by atoms with van der Waals surface area (Å²) in [6, 6.07) is 14.3. The Balaban J connectivity index is 2.10. The summed E-state index contributed by atoms with van der Waals surface area (Å²) in [5.41, 5.74) is 5.23. The molecule has 0 amide bonds. The van der Waals surface area contributed by atoms with E-state index in [0.29, 0.717) is 0 Å². The van der Waals surface area contributed by atoms with Crippen LogP contribution in [-0.4, -0.2) is 15.0 Å². The first-order valence-corrected chi connectivity index (χ1v) is 5.86. The van der Waals surface area contributed by atoms with Gasteiger partial charge in [0.1, 0.15) is 0 Å². The van der Waals surface area contributed by atoms with Crippen molar-refractivity contribution in [2.45, 2.75) is 6.92 Å². The number of nitrogens with zero attached hydrogens (tertiary/aromatic N) is 2. The molecular formula is C15H13N3. The van der Waals surface area contributed by atoms with Gasteiger partial charge in [-0.3, -0.25) is 0 Å². The lowest BCUT2D eigenvalue weighted by Crippen LogP contribution is -1.89. The van der Waals surface area contributed by atoms with E-state index in [1.807, 2.05) is 30.3 Å². The van der Waals surface area contributed by atoms with Crippen LogP contribution in [0.2, 0.25) is 0 Å². The molecule has 0 aliphatic carbocycles. The number of aromatic nitrogens is 3. The largest absolute Gasteiger partial charge is 0.343 e. The van der Waals surface area contributed by atoms with Crippen LogP contribution < -0.4 is 0 Å². The summed E-state index contributed by atoms with van der Waals surface area (Å²) in [6.45, 7) is 2.10. The maximum absolute atomic E-state index is 4.68. The molecule has 0 atom stereocenters. The normalized spacial score (nSPS) is 10.5. The summed E-state index contributed by atoms with van der Waals surface area (Å²) in [7, 11) is 0. The minimum atomic E-state index is 0.910. The van der Waals surface area contributed by atoms with Gasteiger partial charge in [0.15, 0.2) is 0 Å². The van der Waals surface area contributed by atoms with Gasteiger partial charge in [0.05, 0.1) is 29.6 Å². The number of aromatic amines is 1. The van der Waals surface area contributed by atoms with Gasteiger partial charge < -0.3 is 4.98 Å². The highest BCUT2D eigenvalue weighted by Gasteiger charge is 2.05. The Labute approximate surface area is 106 Å². The van der Waals surface area contributed by atoms with Crippen LogP contribution in [0.3, 0.4) is 0 Å². The van der Waals surface area contributed by atoms with E-state index in [-0.39, 0.29) is 0 Å². The minimum Gasteiger partial charge on any atom is -0.343 e. The van der Waals surface area contributed by atoms with Gasteiger partial charge in [-0.25, -0.2) is 9.97 Å². The SMILES string of the molecule is Cc1ccccc1-c1cccc(-c2cnc[nH]2)n1. The zero-order valence-electron chi connectivity index (χ0n) is 10.1. The van der Waals surface area contributed by atoms with E-state index in [2.05, 4.69) is 34.0 Å². The molecular weight excluding hydrogens is 222 g/mol. The monoisotopic (exact) mass is 235 g/mol. The number of pyridine rings is 1. The van der Waals surface area contributed by atoms with Crippen LogP contribution in [0.15, 0.2) is 55.0 Å². The molecule has 0 bridgehead atoms. The molecule has 2 aromatic heterocycles. The lowest BCUT2D eigenvalue weighted by Gasteiger charge is -2.06. The predicted molar refractivity (Wildman–Crippen MR) is 72.0 cm³/mol. The molecule has 3 aromatic rings. The molecule has 0 saturated carbocycles. The van der Waals surface area contributed by atoms with E-state index in [9.17, 15) is 0 Å². The lowest BCUT2D eigenvalue weighted by atomic mass is 10.1. The molecule has 0 fully saturated rings. The Morgan fingerprint density at radius 3 is 2.56 bits per heavy atom. The van der Waals surface area contributed by atoms with Crippen LogP contribution in [0, 0.1) is 6.92 Å². The number of nitrogens with one attached hydrogen (secondary N) is 1. The van der Waals surface area contributed by atoms with Crippen LogP contribution >= 0.6 is 0 Å². The fraction of sp³-hybridized carbons (Fsp3) is 0.0667. The minimum absolute atomic E-state index is 0.910. The average Bonchev–Trinajstić information content (AvgIpc) is 2.93. The smallest absolute Gasteiger partial charge is 0.0924 e. The first kappa shape index (κ1) is 10.7. The third-order valence-electron chi connectivity index (χ3n) is 2.94. The summed E-state index contributed by atoms with van der Waals surface area (Å²) >= 11 is 0. The Bertz CT molecular complexity index is 657. The fourth-order valence-electron chi connectivity index (χ4n) is 1.99. The molecule has 0 aliphatic rings. The highest BCUT2D eigenvalue weighted by molar-refractivity contribution is 5.66. The Kier molecular flexibility index (Phi) is 2.65. The van der Waals surface area contributed by atoms with Crippen molar-refractivity contribution < 1.29 is 0 Å². The van der Waals surface area contributed by atoms with Gasteiger partial charge in [0.2, 0.25) is 0 Å². The highest BCUT2D eigenvalue weighted by atomic mass is 14.9. The molecule has 3 heteroatoms. The molecule has 0 aliphatic heterocycles. The van der Waals surface area contributed by atoms with Gasteiger partial charge in [0.25, 0.3) is 0 Å². The van der Waals surface area contributed by atoms with Crippen molar-refractivity contribution in [2.24, 2.45) is 0 Å². The van der Waals surface area contributed by atoms with Crippen molar-refractivity contribution in [1.29, 1.82) is 0 Å². The van der Waals surface area contributed by atoms with E-state index >= 15 is 0 Å². The topological polar surface area (TPSA) is 41.6 Å². The predicted octanol–water partition coefficient (Wildman–Crippen LogP) is 3.45. The summed E-state index contributed by atoms with van der Waals surface area (Å²) < 4.78 is 0. The number of benzene rings is 1. The first-order chi connectivity index (χ1) is 8.84. The van der Waals surface area contributed by atoms with Gasteiger partial charge in [-0.1, -0.05) is 30.3 Å². The Hall–Kier alpha value is -2.42. The molecule has 0 unspecified atom stereocenters. The van der Waals surface area contributed by atoms with Crippen molar-refractivity contribution in [1.82, 2.24) is 15.0 Å². The van der Waals surface area contributed by atoms with Crippen LogP contribution in [0.5, 0.6) is 0 Å². The second kappa shape index (κ2) is 4.45. The number of imidazole rings is 1. The zero-order valence-corrected chi connectivity index (χ0v) is 10.1. The molecule has 1 aromatic carbocycles. The Morgan fingerprint density at radius 2 is 1.78 bits per heavy atom. The highest BCUT2D eigenvalue weighted by Crippen LogP contribution is 2.23. The number of H-pyrrole nitrogens is 1. The molecule has 3 rings (SSSR count). The number of rotatable bonds is 2. The average molecular weight is 235 g/mol. The molecule has 0 radical (unpaired) electrons. The molecule has 2 heterocycles. The maximum Gasteiger partial charge on any atom is 0.0924 e. The van der Waals surface area contributed by atoms with Gasteiger partial charge >= 0.3 is 0 Å². The molecule has 0 spiro atoms. The molecule has 88 valence electrons. The van der Waals surface area contributed by atoms with Crippen molar-refractivity contribution in [2.75, 3.05) is 0 Å². The van der Waals surface area contributed by atoms with Crippen LogP contribution in [-0.2, 0) is 0 Å². The molecule has 18 heavy (non-hydrogen) atoms. The summed E-state index contributed by atoms with van der Waals surface area (Å²) in [6.07, 6.45) is 3.45. The lowest BCUT2D eigenvalue weighted by molar-refractivity contribution is 1.26. The first-order valence-electron chi connectivity index (χ1n) is 5.86. The standard InChI is InChI=1S/C15H13N3/c1-11-5-2-3-6-12(11)13-7-4-8-14(18-13)15-9-16-10-17-15/h2-10H,1H3,(H,16,17). The van der Waals surface area contributed by atoms with E-state index in [1.54, 1.807) is 12.5 Å². The third kappa shape index (κ3) is 1.91. The summed E-state index contributed by atoms with van der Waals surface area (Å²) in [4.78, 5) is 11.8. The maximum atomic E-state index is 4.68. The van der Waals surface area contributed by atoms with Gasteiger partial charge in [0, 0.05) is 5.56 Å². The second-order valence-corrected chi connectivity index (χ2v) is 4.19. The zero-order chi connectivity index (χ0) is 12.4. The van der Waals surface area contributed by atoms with Gasteiger partial charge in [-0.05, 0) is 24.6 Å². The van der Waals surface area contributed by atoms with Gasteiger partial charge in [-0.2, -0.15) is 0 Å². The molecule has 3 nitrogen and oxygen atoms in total.